The van der Waals surface area contributed by atoms with Crippen LogP contribution in [0.4, 0.5) is 10.3 Å². The number of hydrogen-bond acceptors (Lipinski definition) is 6. The number of nitrogens with one attached hydrogen (secondary N) is 2. The van der Waals surface area contributed by atoms with Crippen LogP contribution in [-0.2, 0) is 10.2 Å². The monoisotopic (exact) mass is 545 g/mol. The Bertz CT molecular complexity index is 1600. The number of carbonyl (C=O) groups is 1. The van der Waals surface area contributed by atoms with Crippen LogP contribution < -0.4 is 14.8 Å². The minimum Gasteiger partial charge on any atom is -0.493 e. The lowest BCUT2D eigenvalue weighted by molar-refractivity contribution is -0.113. The number of aromatic nitrogens is 4. The molecule has 39 heavy (non-hydrogen) atoms. The van der Waals surface area contributed by atoms with Gasteiger partial charge in [-0.2, -0.15) is 0 Å². The number of ether oxygens (including phenoxy) is 2. The maximum Gasteiger partial charge on any atom is 0.237 e. The van der Waals surface area contributed by atoms with Gasteiger partial charge in [-0.25, -0.2) is 14.4 Å². The van der Waals surface area contributed by atoms with Gasteiger partial charge in [0.1, 0.15) is 5.82 Å². The molecule has 8 nitrogen and oxygen atoms in total. The predicted molar refractivity (Wildman–Crippen MR) is 151 cm³/mol. The number of amides is 1. The van der Waals surface area contributed by atoms with Crippen molar-refractivity contribution in [1.29, 1.82) is 0 Å². The standard InChI is InChI=1S/C29H28FN5O3S/c1-29(2,18-9-14-23(37-3)24(15-18)38-4)25-16-31-28(35(25)20-12-10-19(30)11-13-20)39-17-26(36)34-27-32-21-7-5-6-8-22(21)33-27/h5-16H,17H2,1-4H3,(H2,32,33,34,36). The van der Waals surface area contributed by atoms with Crippen LogP contribution in [0.5, 0.6) is 11.5 Å². The number of aromatic amines is 1. The summed E-state index contributed by atoms with van der Waals surface area (Å²) in [4.78, 5) is 25.0. The van der Waals surface area contributed by atoms with Crippen LogP contribution in [0.2, 0.25) is 0 Å². The number of thioether (sulfide) groups is 1. The van der Waals surface area contributed by atoms with Gasteiger partial charge < -0.3 is 14.5 Å². The molecule has 0 aliphatic carbocycles. The van der Waals surface area contributed by atoms with E-state index in [-0.39, 0.29) is 17.5 Å². The summed E-state index contributed by atoms with van der Waals surface area (Å²) in [6, 6.07) is 19.6. The Labute approximate surface area is 229 Å². The van der Waals surface area contributed by atoms with Crippen molar-refractivity contribution in [1.82, 2.24) is 19.5 Å². The first-order chi connectivity index (χ1) is 18.8. The van der Waals surface area contributed by atoms with Crippen LogP contribution >= 0.6 is 11.8 Å². The van der Waals surface area contributed by atoms with Crippen molar-refractivity contribution >= 4 is 34.7 Å². The molecule has 0 spiro atoms. The predicted octanol–water partition coefficient (Wildman–Crippen LogP) is 5.96. The van der Waals surface area contributed by atoms with Crippen molar-refractivity contribution in [2.75, 3.05) is 25.3 Å². The topological polar surface area (TPSA) is 94.1 Å². The van der Waals surface area contributed by atoms with Gasteiger partial charge in [-0.3, -0.25) is 14.7 Å². The van der Waals surface area contributed by atoms with E-state index in [4.69, 9.17) is 9.47 Å². The minimum absolute atomic E-state index is 0.103. The Kier molecular flexibility index (Phi) is 7.30. The zero-order valence-electron chi connectivity index (χ0n) is 22.0. The third-order valence-corrected chi connectivity index (χ3v) is 7.49. The van der Waals surface area contributed by atoms with Crippen LogP contribution in [0.25, 0.3) is 16.7 Å². The quantitative estimate of drug-likeness (QED) is 0.222. The molecular formula is C29H28FN5O3S. The molecule has 0 atom stereocenters. The summed E-state index contributed by atoms with van der Waals surface area (Å²) in [6.45, 7) is 4.15. The average molecular weight is 546 g/mol. The fraction of sp³-hybridized carbons (Fsp3) is 0.207. The Balaban J connectivity index is 1.45. The molecule has 0 bridgehead atoms. The summed E-state index contributed by atoms with van der Waals surface area (Å²) >= 11 is 1.29. The zero-order chi connectivity index (χ0) is 27.6. The fourth-order valence-electron chi connectivity index (χ4n) is 4.40. The number of fused-ring (bicyclic) bond motifs is 1. The molecule has 0 aliphatic rings. The Morgan fingerprint density at radius 2 is 1.79 bits per heavy atom. The molecule has 5 rings (SSSR count). The van der Waals surface area contributed by atoms with E-state index in [2.05, 4.69) is 34.1 Å². The highest BCUT2D eigenvalue weighted by molar-refractivity contribution is 7.99. The number of anilines is 1. The molecule has 0 unspecified atom stereocenters. The number of rotatable bonds is 9. The lowest BCUT2D eigenvalue weighted by Gasteiger charge is -2.28. The van der Waals surface area contributed by atoms with Crippen LogP contribution in [0, 0.1) is 5.82 Å². The van der Waals surface area contributed by atoms with Gasteiger partial charge >= 0.3 is 0 Å². The first-order valence-electron chi connectivity index (χ1n) is 12.2. The Hall–Kier alpha value is -4.31. The maximum atomic E-state index is 13.8. The van der Waals surface area contributed by atoms with Crippen LogP contribution in [-0.4, -0.2) is 45.4 Å². The molecule has 0 fully saturated rings. The molecule has 5 aromatic rings. The van der Waals surface area contributed by atoms with Gasteiger partial charge in [0.15, 0.2) is 16.7 Å². The maximum absolute atomic E-state index is 13.8. The largest absolute Gasteiger partial charge is 0.493 e. The normalized spacial score (nSPS) is 11.5. The highest BCUT2D eigenvalue weighted by Crippen LogP contribution is 2.39. The van der Waals surface area contributed by atoms with Crippen molar-refractivity contribution in [3.05, 3.63) is 90.0 Å². The van der Waals surface area contributed by atoms with E-state index in [1.165, 1.54) is 23.9 Å². The first-order valence-corrected chi connectivity index (χ1v) is 13.2. The third kappa shape index (κ3) is 5.33. The average Bonchev–Trinajstić information content (AvgIpc) is 3.56. The molecular weight excluding hydrogens is 517 g/mol. The molecule has 0 aliphatic heterocycles. The molecule has 2 N–H and O–H groups in total. The summed E-state index contributed by atoms with van der Waals surface area (Å²) in [6.07, 6.45) is 1.79. The van der Waals surface area contributed by atoms with Crippen molar-refractivity contribution in [3.63, 3.8) is 0 Å². The van der Waals surface area contributed by atoms with E-state index in [0.717, 1.165) is 28.0 Å². The van der Waals surface area contributed by atoms with Crippen LogP contribution in [0.1, 0.15) is 25.1 Å². The number of halogens is 1. The van der Waals surface area contributed by atoms with Crippen LogP contribution in [0.15, 0.2) is 78.1 Å². The summed E-state index contributed by atoms with van der Waals surface area (Å²) < 4.78 is 26.7. The lowest BCUT2D eigenvalue weighted by Crippen LogP contribution is -2.23. The van der Waals surface area contributed by atoms with E-state index < -0.39 is 5.41 Å². The van der Waals surface area contributed by atoms with Gasteiger partial charge in [0, 0.05) is 11.1 Å². The number of methoxy groups -OCH3 is 2. The van der Waals surface area contributed by atoms with Gasteiger partial charge in [-0.15, -0.1) is 0 Å². The fourth-order valence-corrected chi connectivity index (χ4v) is 5.19. The molecule has 0 radical (unpaired) electrons. The SMILES string of the molecule is COc1ccc(C(C)(C)c2cnc(SCC(=O)Nc3nc4ccccc4[nH]3)n2-c2ccc(F)cc2)cc1OC. The molecule has 0 saturated heterocycles. The third-order valence-electron chi connectivity index (χ3n) is 6.54. The number of hydrogen-bond donors (Lipinski definition) is 2. The first kappa shape index (κ1) is 26.3. The summed E-state index contributed by atoms with van der Waals surface area (Å²) in [7, 11) is 3.20. The van der Waals surface area contributed by atoms with Gasteiger partial charge in [-0.05, 0) is 54.1 Å². The smallest absolute Gasteiger partial charge is 0.237 e. The van der Waals surface area contributed by atoms with Crippen LogP contribution in [0.3, 0.4) is 0 Å². The number of para-hydroxylation sites is 2. The molecule has 2 heterocycles. The van der Waals surface area contributed by atoms with Crippen molar-refractivity contribution in [2.45, 2.75) is 24.4 Å². The van der Waals surface area contributed by atoms with E-state index in [9.17, 15) is 9.18 Å². The molecule has 3 aromatic carbocycles. The number of carbonyl (C=O) groups excluding carboxylic acids is 1. The van der Waals surface area contributed by atoms with Crippen molar-refractivity contribution in [3.8, 4) is 17.2 Å². The van der Waals surface area contributed by atoms with Crippen molar-refractivity contribution in [2.24, 2.45) is 0 Å². The summed E-state index contributed by atoms with van der Waals surface area (Å²) in [5.74, 6) is 1.18. The second-order valence-electron chi connectivity index (χ2n) is 9.37. The summed E-state index contributed by atoms with van der Waals surface area (Å²) in [5, 5.41) is 3.42. The van der Waals surface area contributed by atoms with E-state index in [0.29, 0.717) is 22.6 Å². The number of imidazole rings is 2. The Morgan fingerprint density at radius 1 is 1.05 bits per heavy atom. The molecule has 0 saturated carbocycles. The summed E-state index contributed by atoms with van der Waals surface area (Å²) in [5.41, 5.74) is 3.65. The number of nitrogens with zero attached hydrogens (tertiary/aromatic N) is 3. The van der Waals surface area contributed by atoms with E-state index in [1.807, 2.05) is 47.0 Å². The van der Waals surface area contributed by atoms with Gasteiger partial charge in [0.05, 0.1) is 42.9 Å². The minimum atomic E-state index is -0.531. The number of benzene rings is 3. The highest BCUT2D eigenvalue weighted by atomic mass is 32.2. The molecule has 2 aromatic heterocycles. The van der Waals surface area contributed by atoms with E-state index >= 15 is 0 Å². The molecule has 200 valence electrons. The second-order valence-corrected chi connectivity index (χ2v) is 10.3. The molecule has 1 amide bonds. The van der Waals surface area contributed by atoms with E-state index in [1.54, 1.807) is 32.5 Å². The van der Waals surface area contributed by atoms with Crippen molar-refractivity contribution < 1.29 is 18.7 Å². The lowest BCUT2D eigenvalue weighted by atomic mass is 9.81. The van der Waals surface area contributed by atoms with Gasteiger partial charge in [0.2, 0.25) is 11.9 Å². The zero-order valence-corrected chi connectivity index (χ0v) is 22.8. The molecule has 10 heteroatoms. The highest BCUT2D eigenvalue weighted by Gasteiger charge is 2.30. The number of H-pyrrole nitrogens is 1. The Morgan fingerprint density at radius 3 is 2.51 bits per heavy atom. The van der Waals surface area contributed by atoms with Gasteiger partial charge in [-0.1, -0.05) is 43.8 Å². The van der Waals surface area contributed by atoms with Gasteiger partial charge in [0.25, 0.3) is 0 Å². The second kappa shape index (κ2) is 10.8.